The molecule has 3 heteroatoms. The normalized spacial score (nSPS) is 17.1. The van der Waals surface area contributed by atoms with Crippen molar-refractivity contribution in [1.82, 2.24) is 9.78 Å². The standard InChI is InChI=1S/C14H27N3/c1-6-12(5)17-9-8-13(16-17)10-14(15,7-2)11(3)4/h8-9,11-12H,6-7,10,15H2,1-5H3. The van der Waals surface area contributed by atoms with Gasteiger partial charge < -0.3 is 5.73 Å². The van der Waals surface area contributed by atoms with E-state index in [1.807, 2.05) is 4.68 Å². The van der Waals surface area contributed by atoms with Crippen molar-refractivity contribution in [3.8, 4) is 0 Å². The number of rotatable bonds is 6. The molecule has 0 spiro atoms. The van der Waals surface area contributed by atoms with Crippen LogP contribution in [-0.2, 0) is 6.42 Å². The zero-order valence-corrected chi connectivity index (χ0v) is 11.9. The Balaban J connectivity index is 2.78. The van der Waals surface area contributed by atoms with Crippen molar-refractivity contribution < 1.29 is 0 Å². The van der Waals surface area contributed by atoms with E-state index in [9.17, 15) is 0 Å². The summed E-state index contributed by atoms with van der Waals surface area (Å²) in [7, 11) is 0. The van der Waals surface area contributed by atoms with Gasteiger partial charge in [-0.25, -0.2) is 0 Å². The first kappa shape index (κ1) is 14.2. The van der Waals surface area contributed by atoms with Crippen LogP contribution < -0.4 is 5.73 Å². The first-order valence-electron chi connectivity index (χ1n) is 6.75. The van der Waals surface area contributed by atoms with Crippen LogP contribution in [0.5, 0.6) is 0 Å². The Labute approximate surface area is 105 Å². The molecule has 2 atom stereocenters. The van der Waals surface area contributed by atoms with Gasteiger partial charge in [0.1, 0.15) is 0 Å². The number of hydrogen-bond acceptors (Lipinski definition) is 2. The molecule has 0 amide bonds. The monoisotopic (exact) mass is 237 g/mol. The quantitative estimate of drug-likeness (QED) is 0.826. The Bertz CT molecular complexity index is 343. The maximum absolute atomic E-state index is 6.44. The van der Waals surface area contributed by atoms with E-state index in [4.69, 9.17) is 5.73 Å². The summed E-state index contributed by atoms with van der Waals surface area (Å²) in [5, 5.41) is 4.63. The summed E-state index contributed by atoms with van der Waals surface area (Å²) in [6, 6.07) is 2.57. The second-order valence-electron chi connectivity index (χ2n) is 5.46. The van der Waals surface area contributed by atoms with E-state index < -0.39 is 0 Å². The molecule has 2 N–H and O–H groups in total. The molecule has 0 aliphatic heterocycles. The van der Waals surface area contributed by atoms with Crippen molar-refractivity contribution in [3.63, 3.8) is 0 Å². The van der Waals surface area contributed by atoms with Crippen LogP contribution in [0.2, 0.25) is 0 Å². The summed E-state index contributed by atoms with van der Waals surface area (Å²) >= 11 is 0. The molecule has 98 valence electrons. The molecule has 0 fully saturated rings. The van der Waals surface area contributed by atoms with E-state index in [1.165, 1.54) is 0 Å². The first-order valence-corrected chi connectivity index (χ1v) is 6.75. The van der Waals surface area contributed by atoms with Crippen molar-refractivity contribution >= 4 is 0 Å². The zero-order chi connectivity index (χ0) is 13.1. The van der Waals surface area contributed by atoms with Crippen LogP contribution in [0.3, 0.4) is 0 Å². The van der Waals surface area contributed by atoms with E-state index in [2.05, 4.69) is 52.0 Å². The van der Waals surface area contributed by atoms with Crippen molar-refractivity contribution in [1.29, 1.82) is 0 Å². The highest BCUT2D eigenvalue weighted by Gasteiger charge is 2.28. The topological polar surface area (TPSA) is 43.8 Å². The fraction of sp³-hybridized carbons (Fsp3) is 0.786. The Morgan fingerprint density at radius 2 is 2.00 bits per heavy atom. The van der Waals surface area contributed by atoms with E-state index in [0.29, 0.717) is 12.0 Å². The first-order chi connectivity index (χ1) is 7.92. The fourth-order valence-electron chi connectivity index (χ4n) is 1.98. The number of nitrogens with two attached hydrogens (primary N) is 1. The van der Waals surface area contributed by atoms with Crippen molar-refractivity contribution in [2.24, 2.45) is 11.7 Å². The molecule has 1 aromatic heterocycles. The summed E-state index contributed by atoms with van der Waals surface area (Å²) in [5.74, 6) is 0.473. The van der Waals surface area contributed by atoms with Gasteiger partial charge in [-0.1, -0.05) is 27.7 Å². The molecule has 17 heavy (non-hydrogen) atoms. The molecule has 0 saturated carbocycles. The molecule has 0 aromatic carbocycles. The van der Waals surface area contributed by atoms with Gasteiger partial charge in [0.15, 0.2) is 0 Å². The lowest BCUT2D eigenvalue weighted by atomic mass is 9.81. The molecule has 1 aromatic rings. The summed E-state index contributed by atoms with van der Waals surface area (Å²) in [6.45, 7) is 10.9. The predicted molar refractivity (Wildman–Crippen MR) is 73.0 cm³/mol. The molecule has 0 aliphatic carbocycles. The van der Waals surface area contributed by atoms with Gasteiger partial charge in [-0.2, -0.15) is 5.10 Å². The highest BCUT2D eigenvalue weighted by atomic mass is 15.3. The van der Waals surface area contributed by atoms with Gasteiger partial charge in [-0.05, 0) is 31.7 Å². The molecule has 3 nitrogen and oxygen atoms in total. The van der Waals surface area contributed by atoms with Gasteiger partial charge in [0.25, 0.3) is 0 Å². The lowest BCUT2D eigenvalue weighted by Crippen LogP contribution is -2.46. The van der Waals surface area contributed by atoms with Gasteiger partial charge in [-0.15, -0.1) is 0 Å². The molecule has 1 heterocycles. The van der Waals surface area contributed by atoms with Crippen LogP contribution in [0, 0.1) is 5.92 Å². The summed E-state index contributed by atoms with van der Waals surface area (Å²) in [5.41, 5.74) is 7.42. The Morgan fingerprint density at radius 3 is 2.47 bits per heavy atom. The Morgan fingerprint density at radius 1 is 1.35 bits per heavy atom. The molecule has 0 radical (unpaired) electrons. The van der Waals surface area contributed by atoms with Crippen molar-refractivity contribution in [3.05, 3.63) is 18.0 Å². The second-order valence-corrected chi connectivity index (χ2v) is 5.46. The van der Waals surface area contributed by atoms with Gasteiger partial charge in [-0.3, -0.25) is 4.68 Å². The van der Waals surface area contributed by atoms with Crippen molar-refractivity contribution in [2.75, 3.05) is 0 Å². The van der Waals surface area contributed by atoms with Gasteiger partial charge in [0.05, 0.1) is 5.69 Å². The Kier molecular flexibility index (Phi) is 4.75. The minimum absolute atomic E-state index is 0.130. The minimum atomic E-state index is -0.130. The van der Waals surface area contributed by atoms with E-state index >= 15 is 0 Å². The average molecular weight is 237 g/mol. The largest absolute Gasteiger partial charge is 0.325 e. The highest BCUT2D eigenvalue weighted by molar-refractivity contribution is 5.06. The summed E-state index contributed by atoms with van der Waals surface area (Å²) in [6.07, 6.45) is 5.03. The smallest absolute Gasteiger partial charge is 0.0643 e. The molecule has 0 bridgehead atoms. The summed E-state index contributed by atoms with van der Waals surface area (Å²) < 4.78 is 2.05. The van der Waals surface area contributed by atoms with Gasteiger partial charge in [0.2, 0.25) is 0 Å². The number of hydrogen-bond donors (Lipinski definition) is 1. The predicted octanol–water partition coefficient (Wildman–Crippen LogP) is 3.16. The molecule has 0 saturated heterocycles. The van der Waals surface area contributed by atoms with E-state index in [-0.39, 0.29) is 5.54 Å². The van der Waals surface area contributed by atoms with Crippen molar-refractivity contribution in [2.45, 2.75) is 65.5 Å². The summed E-state index contributed by atoms with van der Waals surface area (Å²) in [4.78, 5) is 0. The third-order valence-electron chi connectivity index (χ3n) is 4.02. The maximum atomic E-state index is 6.44. The average Bonchev–Trinajstić information content (AvgIpc) is 2.75. The van der Waals surface area contributed by atoms with Crippen LogP contribution in [0.25, 0.3) is 0 Å². The molecule has 2 unspecified atom stereocenters. The highest BCUT2D eigenvalue weighted by Crippen LogP contribution is 2.23. The van der Waals surface area contributed by atoms with Crippen LogP contribution in [0.1, 0.15) is 59.2 Å². The lowest BCUT2D eigenvalue weighted by molar-refractivity contribution is 0.292. The molecular formula is C14H27N3. The lowest BCUT2D eigenvalue weighted by Gasteiger charge is -2.31. The van der Waals surface area contributed by atoms with Crippen LogP contribution in [0.15, 0.2) is 12.3 Å². The fourth-order valence-corrected chi connectivity index (χ4v) is 1.98. The molecular weight excluding hydrogens is 210 g/mol. The molecule has 0 aliphatic rings. The van der Waals surface area contributed by atoms with E-state index in [1.54, 1.807) is 0 Å². The Hall–Kier alpha value is -0.830. The van der Waals surface area contributed by atoms with Gasteiger partial charge >= 0.3 is 0 Å². The third-order valence-corrected chi connectivity index (χ3v) is 4.02. The minimum Gasteiger partial charge on any atom is -0.325 e. The van der Waals surface area contributed by atoms with E-state index in [0.717, 1.165) is 25.0 Å². The third kappa shape index (κ3) is 3.32. The number of nitrogens with zero attached hydrogens (tertiary/aromatic N) is 2. The second kappa shape index (κ2) is 5.67. The zero-order valence-electron chi connectivity index (χ0n) is 11.9. The number of aromatic nitrogens is 2. The SMILES string of the molecule is CCC(C)n1ccc(CC(N)(CC)C(C)C)n1. The van der Waals surface area contributed by atoms with Crippen LogP contribution in [-0.4, -0.2) is 15.3 Å². The van der Waals surface area contributed by atoms with Gasteiger partial charge in [0, 0.05) is 24.2 Å². The van der Waals surface area contributed by atoms with Crippen LogP contribution in [0.4, 0.5) is 0 Å². The molecule has 1 rings (SSSR count). The van der Waals surface area contributed by atoms with Crippen LogP contribution >= 0.6 is 0 Å². The maximum Gasteiger partial charge on any atom is 0.0643 e.